The number of likely N-dealkylation sites (tertiary alicyclic amines) is 1. The summed E-state index contributed by atoms with van der Waals surface area (Å²) in [6.07, 6.45) is 0.962. The van der Waals surface area contributed by atoms with Crippen LogP contribution in [0.1, 0.15) is 12.8 Å². The summed E-state index contributed by atoms with van der Waals surface area (Å²) in [5, 5.41) is 11.0. The molecule has 0 spiro atoms. The number of nitrogens with one attached hydrogen (secondary N) is 1. The average molecular weight is 302 g/mol. The Balaban J connectivity index is 2.08. The van der Waals surface area contributed by atoms with E-state index in [4.69, 9.17) is 5.11 Å². The highest BCUT2D eigenvalue weighted by molar-refractivity contribution is 5.90. The first-order valence-electron chi connectivity index (χ1n) is 6.32. The lowest BCUT2D eigenvalue weighted by molar-refractivity contribution is -0.143. The predicted octanol–water partition coefficient (Wildman–Crippen LogP) is 2.43. The molecule has 1 fully saturated rings. The zero-order chi connectivity index (χ0) is 15.6. The molecule has 0 aliphatic carbocycles. The maximum atomic E-state index is 13.5. The lowest BCUT2D eigenvalue weighted by Gasteiger charge is -2.30. The van der Waals surface area contributed by atoms with E-state index in [0.29, 0.717) is 25.5 Å². The number of piperidine rings is 1. The molecule has 0 saturated carbocycles. The molecule has 2 rings (SSSR count). The molecule has 1 atom stereocenters. The third kappa shape index (κ3) is 3.26. The molecular weight excluding hydrogens is 289 g/mol. The van der Waals surface area contributed by atoms with Gasteiger partial charge in [0, 0.05) is 13.1 Å². The van der Waals surface area contributed by atoms with E-state index in [9.17, 15) is 22.8 Å². The zero-order valence-electron chi connectivity index (χ0n) is 10.9. The minimum absolute atomic E-state index is 0.00748. The number of carboxylic acid groups (broad SMARTS) is 1. The highest BCUT2D eigenvalue weighted by Gasteiger charge is 2.28. The number of carbonyl (C=O) groups excluding carboxylic acids is 1. The molecule has 114 valence electrons. The van der Waals surface area contributed by atoms with E-state index in [-0.39, 0.29) is 6.54 Å². The van der Waals surface area contributed by atoms with E-state index < -0.39 is 41.1 Å². The topological polar surface area (TPSA) is 69.6 Å². The first-order valence-corrected chi connectivity index (χ1v) is 6.32. The number of aliphatic carboxylic acids is 1. The van der Waals surface area contributed by atoms with Crippen LogP contribution in [0, 0.1) is 23.4 Å². The number of anilines is 1. The smallest absolute Gasteiger partial charge is 0.321 e. The van der Waals surface area contributed by atoms with Gasteiger partial charge >= 0.3 is 12.0 Å². The van der Waals surface area contributed by atoms with Crippen LogP contribution in [0.4, 0.5) is 23.7 Å². The Morgan fingerprint density at radius 1 is 1.24 bits per heavy atom. The fourth-order valence-electron chi connectivity index (χ4n) is 2.18. The van der Waals surface area contributed by atoms with Crippen molar-refractivity contribution in [1.29, 1.82) is 0 Å². The SMILES string of the molecule is O=C(O)[C@@H]1CCCN(C(=O)Nc2ccc(F)c(F)c2F)C1. The first kappa shape index (κ1) is 15.1. The Morgan fingerprint density at radius 2 is 1.95 bits per heavy atom. The molecule has 0 aromatic heterocycles. The van der Waals surface area contributed by atoms with E-state index >= 15 is 0 Å². The molecule has 8 heteroatoms. The number of halogens is 3. The number of carboxylic acids is 1. The van der Waals surface area contributed by atoms with E-state index in [1.54, 1.807) is 0 Å². The van der Waals surface area contributed by atoms with Crippen LogP contribution < -0.4 is 5.32 Å². The van der Waals surface area contributed by atoms with Gasteiger partial charge in [0.1, 0.15) is 0 Å². The normalized spacial score (nSPS) is 18.4. The summed E-state index contributed by atoms with van der Waals surface area (Å²) in [6.45, 7) is 0.313. The van der Waals surface area contributed by atoms with Crippen molar-refractivity contribution >= 4 is 17.7 Å². The number of hydrogen-bond acceptors (Lipinski definition) is 2. The predicted molar refractivity (Wildman–Crippen MR) is 67.3 cm³/mol. The molecule has 1 aromatic carbocycles. The van der Waals surface area contributed by atoms with E-state index in [1.165, 1.54) is 4.90 Å². The van der Waals surface area contributed by atoms with Crippen molar-refractivity contribution in [2.24, 2.45) is 5.92 Å². The Hall–Kier alpha value is -2.25. The van der Waals surface area contributed by atoms with Gasteiger partial charge in [0.2, 0.25) is 0 Å². The van der Waals surface area contributed by atoms with Crippen molar-refractivity contribution < 1.29 is 27.9 Å². The molecule has 5 nitrogen and oxygen atoms in total. The number of carbonyl (C=O) groups is 2. The van der Waals surface area contributed by atoms with E-state index in [2.05, 4.69) is 5.32 Å². The fourth-order valence-corrected chi connectivity index (χ4v) is 2.18. The van der Waals surface area contributed by atoms with Gasteiger partial charge in [-0.2, -0.15) is 0 Å². The maximum Gasteiger partial charge on any atom is 0.321 e. The van der Waals surface area contributed by atoms with Crippen molar-refractivity contribution in [3.05, 3.63) is 29.6 Å². The second kappa shape index (κ2) is 6.02. The van der Waals surface area contributed by atoms with Gasteiger partial charge in [0.15, 0.2) is 17.5 Å². The molecule has 2 amide bonds. The van der Waals surface area contributed by atoms with Gasteiger partial charge in [-0.3, -0.25) is 4.79 Å². The van der Waals surface area contributed by atoms with Crippen LogP contribution in [0.2, 0.25) is 0 Å². The summed E-state index contributed by atoms with van der Waals surface area (Å²) < 4.78 is 39.3. The number of nitrogens with zero attached hydrogens (tertiary/aromatic N) is 1. The highest BCUT2D eigenvalue weighted by Crippen LogP contribution is 2.22. The number of benzene rings is 1. The second-order valence-electron chi connectivity index (χ2n) is 4.78. The quantitative estimate of drug-likeness (QED) is 0.824. The third-order valence-electron chi connectivity index (χ3n) is 3.33. The van der Waals surface area contributed by atoms with Crippen LogP contribution in [-0.4, -0.2) is 35.1 Å². The standard InChI is InChI=1S/C13H13F3N2O3/c14-8-3-4-9(11(16)10(8)15)17-13(21)18-5-1-2-7(6-18)12(19)20/h3-4,7H,1-2,5-6H2,(H,17,21)(H,19,20)/t7-/m1/s1. The van der Waals surface area contributed by atoms with Crippen LogP contribution in [0.15, 0.2) is 12.1 Å². The molecule has 2 N–H and O–H groups in total. The molecule has 1 aromatic rings. The molecule has 1 aliphatic rings. The monoisotopic (exact) mass is 302 g/mol. The van der Waals surface area contributed by atoms with E-state index in [0.717, 1.165) is 6.07 Å². The van der Waals surface area contributed by atoms with Gasteiger partial charge in [-0.05, 0) is 25.0 Å². The Labute approximate surface area is 118 Å². The number of urea groups is 1. The third-order valence-corrected chi connectivity index (χ3v) is 3.33. The molecule has 1 heterocycles. The summed E-state index contributed by atoms with van der Waals surface area (Å²) in [5.74, 6) is -6.20. The van der Waals surface area contributed by atoms with Crippen LogP contribution in [0.5, 0.6) is 0 Å². The number of rotatable bonds is 2. The van der Waals surface area contributed by atoms with E-state index in [1.807, 2.05) is 0 Å². The highest BCUT2D eigenvalue weighted by atomic mass is 19.2. The zero-order valence-corrected chi connectivity index (χ0v) is 10.9. The maximum absolute atomic E-state index is 13.5. The first-order chi connectivity index (χ1) is 9.90. The molecule has 0 radical (unpaired) electrons. The molecule has 1 aliphatic heterocycles. The van der Waals surface area contributed by atoms with Crippen LogP contribution >= 0.6 is 0 Å². The summed E-state index contributed by atoms with van der Waals surface area (Å²) in [5.41, 5.74) is -0.489. The Bertz CT molecular complexity index is 580. The number of amides is 2. The minimum atomic E-state index is -1.67. The fraction of sp³-hybridized carbons (Fsp3) is 0.385. The molecule has 0 bridgehead atoms. The van der Waals surface area contributed by atoms with Crippen molar-refractivity contribution in [1.82, 2.24) is 4.90 Å². The Kier molecular flexibility index (Phi) is 4.35. The largest absolute Gasteiger partial charge is 0.481 e. The van der Waals surface area contributed by atoms with Crippen molar-refractivity contribution in [3.63, 3.8) is 0 Å². The van der Waals surface area contributed by atoms with Gasteiger partial charge in [-0.15, -0.1) is 0 Å². The Morgan fingerprint density at radius 3 is 2.62 bits per heavy atom. The molecule has 1 saturated heterocycles. The average Bonchev–Trinajstić information content (AvgIpc) is 2.48. The summed E-state index contributed by atoms with van der Waals surface area (Å²) in [6, 6.07) is 0.861. The van der Waals surface area contributed by atoms with Crippen molar-refractivity contribution in [2.75, 3.05) is 18.4 Å². The van der Waals surface area contributed by atoms with Gasteiger partial charge in [-0.25, -0.2) is 18.0 Å². The van der Waals surface area contributed by atoms with Crippen LogP contribution in [0.25, 0.3) is 0 Å². The minimum Gasteiger partial charge on any atom is -0.481 e. The van der Waals surface area contributed by atoms with Gasteiger partial charge in [0.05, 0.1) is 11.6 Å². The van der Waals surface area contributed by atoms with Crippen LogP contribution in [0.3, 0.4) is 0 Å². The molecular formula is C13H13F3N2O3. The second-order valence-corrected chi connectivity index (χ2v) is 4.78. The van der Waals surface area contributed by atoms with Gasteiger partial charge in [0.25, 0.3) is 0 Å². The van der Waals surface area contributed by atoms with Gasteiger partial charge < -0.3 is 15.3 Å². The summed E-state index contributed by atoms with van der Waals surface area (Å²) in [4.78, 5) is 24.0. The summed E-state index contributed by atoms with van der Waals surface area (Å²) >= 11 is 0. The number of hydrogen-bond donors (Lipinski definition) is 2. The molecule has 0 unspecified atom stereocenters. The van der Waals surface area contributed by atoms with Crippen LogP contribution in [-0.2, 0) is 4.79 Å². The lowest BCUT2D eigenvalue weighted by atomic mass is 9.99. The lowest BCUT2D eigenvalue weighted by Crippen LogP contribution is -2.44. The molecule has 21 heavy (non-hydrogen) atoms. The summed E-state index contributed by atoms with van der Waals surface area (Å²) in [7, 11) is 0. The van der Waals surface area contributed by atoms with Crippen molar-refractivity contribution in [3.8, 4) is 0 Å². The van der Waals surface area contributed by atoms with Gasteiger partial charge in [-0.1, -0.05) is 0 Å². The van der Waals surface area contributed by atoms with Crippen molar-refractivity contribution in [2.45, 2.75) is 12.8 Å².